The summed E-state index contributed by atoms with van der Waals surface area (Å²) < 4.78 is 1.50. The number of anilines is 1. The smallest absolute Gasteiger partial charge is 0.355 e. The predicted molar refractivity (Wildman–Crippen MR) is 85.8 cm³/mol. The van der Waals surface area contributed by atoms with E-state index < -0.39 is 4.92 Å². The maximum Gasteiger partial charge on any atom is 0.355 e. The highest BCUT2D eigenvalue weighted by Gasteiger charge is 2.27. The lowest BCUT2D eigenvalue weighted by atomic mass is 9.95. The van der Waals surface area contributed by atoms with E-state index in [0.29, 0.717) is 0 Å². The normalized spacial score (nSPS) is 15.6. The van der Waals surface area contributed by atoms with Crippen molar-refractivity contribution in [2.45, 2.75) is 52.0 Å². The lowest BCUT2D eigenvalue weighted by Crippen LogP contribution is -2.24. The van der Waals surface area contributed by atoms with E-state index in [1.54, 1.807) is 0 Å². The van der Waals surface area contributed by atoms with Gasteiger partial charge in [0.25, 0.3) is 0 Å². The van der Waals surface area contributed by atoms with E-state index in [-0.39, 0.29) is 23.4 Å². The van der Waals surface area contributed by atoms with Gasteiger partial charge in [0.2, 0.25) is 11.6 Å². The van der Waals surface area contributed by atoms with Crippen LogP contribution in [0.1, 0.15) is 43.5 Å². The van der Waals surface area contributed by atoms with E-state index >= 15 is 0 Å². The molecule has 1 aliphatic rings. The van der Waals surface area contributed by atoms with Crippen molar-refractivity contribution >= 4 is 11.5 Å². The van der Waals surface area contributed by atoms with Gasteiger partial charge in [-0.05, 0) is 32.8 Å². The van der Waals surface area contributed by atoms with Gasteiger partial charge in [-0.15, -0.1) is 0 Å². The third kappa shape index (κ3) is 3.15. The van der Waals surface area contributed by atoms with E-state index in [0.717, 1.165) is 37.1 Å². The SMILES string of the molecule is Cc1cc(C)n(-c2ncnc(NC3CCCCC3)c2[N+](=O)[O-])n1. The van der Waals surface area contributed by atoms with E-state index in [2.05, 4.69) is 20.4 Å². The third-order valence-electron chi connectivity index (χ3n) is 4.14. The van der Waals surface area contributed by atoms with Crippen molar-refractivity contribution in [3.63, 3.8) is 0 Å². The average molecular weight is 316 g/mol. The Morgan fingerprint density at radius 2 is 2.00 bits per heavy atom. The van der Waals surface area contributed by atoms with Gasteiger partial charge in [0, 0.05) is 11.7 Å². The molecule has 0 amide bonds. The Hall–Kier alpha value is -2.51. The Kier molecular flexibility index (Phi) is 4.22. The number of aryl methyl sites for hydroxylation is 2. The zero-order valence-electron chi connectivity index (χ0n) is 13.3. The molecule has 3 rings (SSSR count). The van der Waals surface area contributed by atoms with Gasteiger partial charge in [0.1, 0.15) is 6.33 Å². The van der Waals surface area contributed by atoms with E-state index in [1.807, 2.05) is 19.9 Å². The fraction of sp³-hybridized carbons (Fsp3) is 0.533. The van der Waals surface area contributed by atoms with Crippen molar-refractivity contribution < 1.29 is 4.92 Å². The molecule has 0 spiro atoms. The quantitative estimate of drug-likeness (QED) is 0.687. The first-order valence-electron chi connectivity index (χ1n) is 7.86. The first-order chi connectivity index (χ1) is 11.1. The first kappa shape index (κ1) is 15.4. The van der Waals surface area contributed by atoms with Crippen molar-refractivity contribution in [3.05, 3.63) is 33.9 Å². The predicted octanol–water partition coefficient (Wildman–Crippen LogP) is 2.93. The van der Waals surface area contributed by atoms with Crippen LogP contribution in [0.15, 0.2) is 12.4 Å². The second kappa shape index (κ2) is 6.31. The number of nitrogens with zero attached hydrogens (tertiary/aromatic N) is 5. The van der Waals surface area contributed by atoms with E-state index in [9.17, 15) is 10.1 Å². The molecule has 1 N–H and O–H groups in total. The van der Waals surface area contributed by atoms with Gasteiger partial charge in [-0.3, -0.25) is 10.1 Å². The Balaban J connectivity index is 2.01. The summed E-state index contributed by atoms with van der Waals surface area (Å²) in [7, 11) is 0. The van der Waals surface area contributed by atoms with Crippen molar-refractivity contribution in [1.82, 2.24) is 19.7 Å². The fourth-order valence-corrected chi connectivity index (χ4v) is 3.08. The Bertz CT molecular complexity index is 721. The molecule has 0 saturated heterocycles. The monoisotopic (exact) mass is 316 g/mol. The standard InChI is InChI=1S/C15H20N6O2/c1-10-8-11(2)20(19-10)15-13(21(22)23)14(16-9-17-15)18-12-6-4-3-5-7-12/h8-9,12H,3-7H2,1-2H3,(H,16,17,18). The van der Waals surface area contributed by atoms with Crippen LogP contribution in [0.25, 0.3) is 5.82 Å². The number of aromatic nitrogens is 4. The summed E-state index contributed by atoms with van der Waals surface area (Å²) in [5.41, 5.74) is 1.47. The molecule has 2 heterocycles. The highest BCUT2D eigenvalue weighted by atomic mass is 16.6. The molecule has 8 nitrogen and oxygen atoms in total. The number of nitrogens with one attached hydrogen (secondary N) is 1. The molecule has 0 aliphatic heterocycles. The number of rotatable bonds is 4. The molecule has 8 heteroatoms. The molecule has 1 fully saturated rings. The second-order valence-corrected chi connectivity index (χ2v) is 5.97. The maximum absolute atomic E-state index is 11.6. The van der Waals surface area contributed by atoms with E-state index in [4.69, 9.17) is 0 Å². The molecule has 122 valence electrons. The van der Waals surface area contributed by atoms with Crippen LogP contribution < -0.4 is 5.32 Å². The number of hydrogen-bond donors (Lipinski definition) is 1. The first-order valence-corrected chi connectivity index (χ1v) is 7.86. The highest BCUT2D eigenvalue weighted by Crippen LogP contribution is 2.30. The van der Waals surface area contributed by atoms with Crippen LogP contribution >= 0.6 is 0 Å². The molecule has 1 aliphatic carbocycles. The van der Waals surface area contributed by atoms with Crippen molar-refractivity contribution in [3.8, 4) is 5.82 Å². The Labute approximate surface area is 134 Å². The molecule has 0 aromatic carbocycles. The fourth-order valence-electron chi connectivity index (χ4n) is 3.08. The molecule has 0 unspecified atom stereocenters. The summed E-state index contributed by atoms with van der Waals surface area (Å²) in [5.74, 6) is 0.480. The molecule has 1 saturated carbocycles. The Morgan fingerprint density at radius 3 is 2.61 bits per heavy atom. The zero-order valence-corrected chi connectivity index (χ0v) is 13.3. The van der Waals surface area contributed by atoms with Crippen LogP contribution in [0, 0.1) is 24.0 Å². The van der Waals surface area contributed by atoms with Crippen LogP contribution in [0.2, 0.25) is 0 Å². The summed E-state index contributed by atoms with van der Waals surface area (Å²) in [6, 6.07) is 2.09. The molecular weight excluding hydrogens is 296 g/mol. The molecule has 0 radical (unpaired) electrons. The van der Waals surface area contributed by atoms with Crippen LogP contribution in [0.4, 0.5) is 11.5 Å². The minimum Gasteiger partial charge on any atom is -0.361 e. The molecule has 0 bridgehead atoms. The van der Waals surface area contributed by atoms with Crippen LogP contribution in [0.5, 0.6) is 0 Å². The Morgan fingerprint density at radius 1 is 1.26 bits per heavy atom. The second-order valence-electron chi connectivity index (χ2n) is 5.97. The molecule has 0 atom stereocenters. The van der Waals surface area contributed by atoms with Gasteiger partial charge in [-0.1, -0.05) is 19.3 Å². The van der Waals surface area contributed by atoms with Crippen molar-refractivity contribution in [2.24, 2.45) is 0 Å². The summed E-state index contributed by atoms with van der Waals surface area (Å²) in [5, 5.41) is 19.2. The topological polar surface area (TPSA) is 98.8 Å². The lowest BCUT2D eigenvalue weighted by Gasteiger charge is -2.23. The van der Waals surface area contributed by atoms with Gasteiger partial charge in [-0.2, -0.15) is 5.10 Å². The number of hydrogen-bond acceptors (Lipinski definition) is 6. The average Bonchev–Trinajstić information content (AvgIpc) is 2.86. The van der Waals surface area contributed by atoms with Gasteiger partial charge in [-0.25, -0.2) is 14.6 Å². The zero-order chi connectivity index (χ0) is 16.4. The van der Waals surface area contributed by atoms with Gasteiger partial charge in [0.05, 0.1) is 10.6 Å². The van der Waals surface area contributed by atoms with Gasteiger partial charge >= 0.3 is 5.69 Å². The summed E-state index contributed by atoms with van der Waals surface area (Å²) in [4.78, 5) is 19.4. The molecule has 2 aromatic heterocycles. The highest BCUT2D eigenvalue weighted by molar-refractivity contribution is 5.64. The summed E-state index contributed by atoms with van der Waals surface area (Å²) in [6.07, 6.45) is 6.87. The number of nitro groups is 1. The van der Waals surface area contributed by atoms with Crippen LogP contribution in [-0.2, 0) is 0 Å². The van der Waals surface area contributed by atoms with E-state index in [1.165, 1.54) is 17.4 Å². The lowest BCUT2D eigenvalue weighted by molar-refractivity contribution is -0.384. The minimum atomic E-state index is -0.434. The summed E-state index contributed by atoms with van der Waals surface area (Å²) in [6.45, 7) is 3.69. The summed E-state index contributed by atoms with van der Waals surface area (Å²) >= 11 is 0. The van der Waals surface area contributed by atoms with Crippen LogP contribution in [0.3, 0.4) is 0 Å². The van der Waals surface area contributed by atoms with Crippen molar-refractivity contribution in [1.29, 1.82) is 0 Å². The third-order valence-corrected chi connectivity index (χ3v) is 4.14. The minimum absolute atomic E-state index is 0.121. The molecular formula is C15H20N6O2. The largest absolute Gasteiger partial charge is 0.361 e. The maximum atomic E-state index is 11.6. The molecule has 2 aromatic rings. The van der Waals surface area contributed by atoms with Crippen molar-refractivity contribution in [2.75, 3.05) is 5.32 Å². The van der Waals surface area contributed by atoms with Crippen LogP contribution in [-0.4, -0.2) is 30.7 Å². The van der Waals surface area contributed by atoms with Gasteiger partial charge < -0.3 is 5.32 Å². The van der Waals surface area contributed by atoms with Gasteiger partial charge in [0.15, 0.2) is 0 Å². The molecule has 23 heavy (non-hydrogen) atoms.